The number of Topliss-reactive ketones (excluding diaryl/α,β-unsaturated/α-hetero) is 2. The van der Waals surface area contributed by atoms with E-state index < -0.39 is 22.0 Å². The largest absolute Gasteiger partial charge is 0.481 e. The summed E-state index contributed by atoms with van der Waals surface area (Å²) in [5, 5.41) is 9.31. The van der Waals surface area contributed by atoms with E-state index in [0.29, 0.717) is 55.2 Å². The van der Waals surface area contributed by atoms with Crippen LogP contribution in [0.1, 0.15) is 62.0 Å². The van der Waals surface area contributed by atoms with E-state index in [0.717, 1.165) is 17.0 Å². The van der Waals surface area contributed by atoms with E-state index in [-0.39, 0.29) is 35.2 Å². The topological polar surface area (TPSA) is 118 Å². The monoisotopic (exact) mass is 535 g/mol. The summed E-state index contributed by atoms with van der Waals surface area (Å²) in [6, 6.07) is 12.9. The molecule has 198 valence electrons. The van der Waals surface area contributed by atoms with Crippen LogP contribution in [0.3, 0.4) is 0 Å². The number of hydrogen-bond donors (Lipinski definition) is 1. The molecule has 0 saturated carbocycles. The highest BCUT2D eigenvalue weighted by atomic mass is 32.2. The summed E-state index contributed by atoms with van der Waals surface area (Å²) < 4.78 is 30.8. The Hall–Kier alpha value is -3.72. The number of aliphatic carboxylic acids is 1. The SMILES string of the molecule is Cc1ccc(S(=O)(=O)Oc2ccc(C3C4=C(CCCC4=O)N(CCC(=O)O)C4=C3C(=O)CCC4)cc2)cc1. The van der Waals surface area contributed by atoms with Gasteiger partial charge < -0.3 is 14.2 Å². The summed E-state index contributed by atoms with van der Waals surface area (Å²) in [5.41, 5.74) is 4.35. The molecule has 1 aliphatic heterocycles. The summed E-state index contributed by atoms with van der Waals surface area (Å²) in [6.07, 6.45) is 3.27. The third-order valence-corrected chi connectivity index (χ3v) is 8.63. The van der Waals surface area contributed by atoms with E-state index in [1.807, 2.05) is 11.8 Å². The van der Waals surface area contributed by atoms with Crippen molar-refractivity contribution in [2.75, 3.05) is 6.54 Å². The molecule has 1 N–H and O–H groups in total. The van der Waals surface area contributed by atoms with Crippen molar-refractivity contribution in [3.63, 3.8) is 0 Å². The molecule has 9 heteroatoms. The first-order chi connectivity index (χ1) is 18.2. The van der Waals surface area contributed by atoms with Gasteiger partial charge in [-0.1, -0.05) is 29.8 Å². The van der Waals surface area contributed by atoms with E-state index in [1.165, 1.54) is 12.1 Å². The molecule has 1 heterocycles. The smallest absolute Gasteiger partial charge is 0.339 e. The molecule has 2 aliphatic carbocycles. The van der Waals surface area contributed by atoms with Gasteiger partial charge >= 0.3 is 16.1 Å². The number of benzene rings is 2. The highest BCUT2D eigenvalue weighted by Gasteiger charge is 2.43. The van der Waals surface area contributed by atoms with E-state index >= 15 is 0 Å². The molecule has 0 amide bonds. The molecular weight excluding hydrogens is 506 g/mol. The molecule has 0 saturated heterocycles. The summed E-state index contributed by atoms with van der Waals surface area (Å²) >= 11 is 0. The molecule has 0 aromatic heterocycles. The van der Waals surface area contributed by atoms with Crippen molar-refractivity contribution in [2.45, 2.75) is 62.7 Å². The lowest BCUT2D eigenvalue weighted by Gasteiger charge is -2.43. The molecule has 2 aromatic rings. The second-order valence-electron chi connectivity index (χ2n) is 9.92. The molecule has 0 spiro atoms. The van der Waals surface area contributed by atoms with Crippen LogP contribution in [0, 0.1) is 6.92 Å². The Bertz CT molecular complexity index is 1420. The molecule has 0 fully saturated rings. The molecule has 0 radical (unpaired) electrons. The van der Waals surface area contributed by atoms with Crippen LogP contribution in [0.4, 0.5) is 0 Å². The van der Waals surface area contributed by atoms with E-state index in [1.54, 1.807) is 36.4 Å². The number of aryl methyl sites for hydroxylation is 1. The van der Waals surface area contributed by atoms with Gasteiger partial charge in [-0.2, -0.15) is 8.42 Å². The third kappa shape index (κ3) is 4.90. The minimum atomic E-state index is -4.03. The fourth-order valence-corrected chi connectivity index (χ4v) is 6.55. The lowest BCUT2D eigenvalue weighted by molar-refractivity contribution is -0.137. The van der Waals surface area contributed by atoms with Gasteiger partial charge in [-0.3, -0.25) is 14.4 Å². The maximum atomic E-state index is 13.3. The standard InChI is InChI=1S/C29H29NO7S/c1-18-8-14-21(15-9-18)38(35,36)37-20-12-10-19(11-13-20)27-28-22(4-2-6-24(28)31)30(17-16-26(33)34)23-5-3-7-25(32)29(23)27/h8-15,27H,2-7,16-17H2,1H3,(H,33,34). The Morgan fingerprint density at radius 3 is 1.97 bits per heavy atom. The van der Waals surface area contributed by atoms with Gasteiger partial charge in [-0.05, 0) is 62.4 Å². The molecule has 5 rings (SSSR count). The summed E-state index contributed by atoms with van der Waals surface area (Å²) in [5.74, 6) is -1.45. The molecule has 0 atom stereocenters. The minimum Gasteiger partial charge on any atom is -0.481 e. The predicted molar refractivity (Wildman–Crippen MR) is 139 cm³/mol. The average Bonchev–Trinajstić information content (AvgIpc) is 2.88. The van der Waals surface area contributed by atoms with Crippen molar-refractivity contribution in [2.24, 2.45) is 0 Å². The summed E-state index contributed by atoms with van der Waals surface area (Å²) in [7, 11) is -4.03. The zero-order valence-electron chi connectivity index (χ0n) is 21.1. The van der Waals surface area contributed by atoms with Gasteiger partial charge in [-0.25, -0.2) is 0 Å². The normalized spacial score (nSPS) is 18.4. The van der Waals surface area contributed by atoms with Crippen LogP contribution < -0.4 is 4.18 Å². The average molecular weight is 536 g/mol. The van der Waals surface area contributed by atoms with Gasteiger partial charge in [0.1, 0.15) is 10.6 Å². The Morgan fingerprint density at radius 1 is 0.895 bits per heavy atom. The molecule has 38 heavy (non-hydrogen) atoms. The van der Waals surface area contributed by atoms with Crippen molar-refractivity contribution in [1.82, 2.24) is 4.90 Å². The number of allylic oxidation sites excluding steroid dienone is 4. The molecule has 0 bridgehead atoms. The van der Waals surface area contributed by atoms with E-state index in [9.17, 15) is 27.9 Å². The van der Waals surface area contributed by atoms with Crippen LogP contribution in [-0.2, 0) is 24.5 Å². The van der Waals surface area contributed by atoms with Crippen molar-refractivity contribution in [1.29, 1.82) is 0 Å². The van der Waals surface area contributed by atoms with Crippen LogP contribution in [0.25, 0.3) is 0 Å². The molecule has 8 nitrogen and oxygen atoms in total. The fraction of sp³-hybridized carbons (Fsp3) is 0.345. The first-order valence-corrected chi connectivity index (χ1v) is 14.2. The zero-order valence-corrected chi connectivity index (χ0v) is 21.9. The summed E-state index contributed by atoms with van der Waals surface area (Å²) in [4.78, 5) is 39.9. The molecule has 2 aromatic carbocycles. The van der Waals surface area contributed by atoms with Gasteiger partial charge in [0.25, 0.3) is 0 Å². The second-order valence-corrected chi connectivity index (χ2v) is 11.5. The Labute approximate surface area is 221 Å². The Balaban J connectivity index is 1.52. The first-order valence-electron chi connectivity index (χ1n) is 12.8. The Kier molecular flexibility index (Phi) is 6.96. The van der Waals surface area contributed by atoms with Gasteiger partial charge in [0.2, 0.25) is 0 Å². The quantitative estimate of drug-likeness (QED) is 0.509. The van der Waals surface area contributed by atoms with Crippen LogP contribution in [0.2, 0.25) is 0 Å². The zero-order chi connectivity index (χ0) is 27.0. The van der Waals surface area contributed by atoms with Crippen LogP contribution in [-0.4, -0.2) is 42.5 Å². The highest BCUT2D eigenvalue weighted by Crippen LogP contribution is 2.49. The molecular formula is C29H29NO7S. The third-order valence-electron chi connectivity index (χ3n) is 7.36. The van der Waals surface area contributed by atoms with Crippen molar-refractivity contribution < 1.29 is 32.1 Å². The fourth-order valence-electron chi connectivity index (χ4n) is 5.62. The van der Waals surface area contributed by atoms with Crippen molar-refractivity contribution >= 4 is 27.7 Å². The van der Waals surface area contributed by atoms with Crippen molar-refractivity contribution in [3.05, 3.63) is 82.2 Å². The number of hydrogen-bond acceptors (Lipinski definition) is 7. The number of carbonyl (C=O) groups is 3. The molecule has 3 aliphatic rings. The maximum Gasteiger partial charge on any atom is 0.339 e. The van der Waals surface area contributed by atoms with E-state index in [4.69, 9.17) is 4.18 Å². The predicted octanol–water partition coefficient (Wildman–Crippen LogP) is 4.65. The second kappa shape index (κ2) is 10.2. The van der Waals surface area contributed by atoms with Gasteiger partial charge in [0.05, 0.1) is 6.42 Å². The van der Waals surface area contributed by atoms with Gasteiger partial charge in [0, 0.05) is 47.8 Å². The number of ketones is 2. The van der Waals surface area contributed by atoms with Gasteiger partial charge in [0.15, 0.2) is 11.6 Å². The molecule has 0 unspecified atom stereocenters. The maximum absolute atomic E-state index is 13.3. The lowest BCUT2D eigenvalue weighted by Crippen LogP contribution is -2.39. The van der Waals surface area contributed by atoms with Gasteiger partial charge in [-0.15, -0.1) is 0 Å². The van der Waals surface area contributed by atoms with E-state index in [2.05, 4.69) is 0 Å². The number of nitrogens with zero attached hydrogens (tertiary/aromatic N) is 1. The van der Waals surface area contributed by atoms with Crippen LogP contribution in [0.5, 0.6) is 5.75 Å². The number of carbonyl (C=O) groups excluding carboxylic acids is 2. The number of rotatable bonds is 7. The first kappa shape index (κ1) is 25.9. The van der Waals surface area contributed by atoms with Crippen molar-refractivity contribution in [3.8, 4) is 5.75 Å². The minimum absolute atomic E-state index is 0.0382. The summed E-state index contributed by atoms with van der Waals surface area (Å²) in [6.45, 7) is 2.08. The Morgan fingerprint density at radius 2 is 1.45 bits per heavy atom. The lowest BCUT2D eigenvalue weighted by atomic mass is 9.71. The van der Waals surface area contributed by atoms with Crippen LogP contribution >= 0.6 is 0 Å². The number of carboxylic acid groups (broad SMARTS) is 1. The highest BCUT2D eigenvalue weighted by molar-refractivity contribution is 7.87. The number of carboxylic acids is 1. The van der Waals surface area contributed by atoms with Crippen LogP contribution in [0.15, 0.2) is 76.0 Å².